The average molecular weight is 398 g/mol. The third-order valence-electron chi connectivity index (χ3n) is 5.28. The SMILES string of the molecule is O=C(CSCc1cccc2ccccc12)NNC(=S)N[C@H]1C[C@@H]2C=C[C@@H]1C2. The number of benzene rings is 2. The van der Waals surface area contributed by atoms with Crippen molar-refractivity contribution in [3.8, 4) is 0 Å². The monoisotopic (exact) mass is 397 g/mol. The molecule has 6 heteroatoms. The van der Waals surface area contributed by atoms with Gasteiger partial charge in [0.1, 0.15) is 0 Å². The van der Waals surface area contributed by atoms with Crippen LogP contribution in [0.15, 0.2) is 54.6 Å². The first-order valence-electron chi connectivity index (χ1n) is 9.27. The van der Waals surface area contributed by atoms with E-state index in [9.17, 15) is 4.79 Å². The Labute approximate surface area is 169 Å². The van der Waals surface area contributed by atoms with E-state index in [4.69, 9.17) is 12.2 Å². The topological polar surface area (TPSA) is 53.2 Å². The molecule has 1 fully saturated rings. The van der Waals surface area contributed by atoms with Crippen LogP contribution in [0.1, 0.15) is 18.4 Å². The Morgan fingerprint density at radius 2 is 1.93 bits per heavy atom. The molecule has 0 saturated heterocycles. The molecular weight excluding hydrogens is 374 g/mol. The summed E-state index contributed by atoms with van der Waals surface area (Å²) >= 11 is 6.90. The maximum absolute atomic E-state index is 12.1. The second-order valence-electron chi connectivity index (χ2n) is 7.16. The zero-order valence-electron chi connectivity index (χ0n) is 15.0. The summed E-state index contributed by atoms with van der Waals surface area (Å²) in [6.45, 7) is 0. The number of thioether (sulfide) groups is 1. The smallest absolute Gasteiger partial charge is 0.248 e. The van der Waals surface area contributed by atoms with Gasteiger partial charge >= 0.3 is 0 Å². The fourth-order valence-corrected chi connectivity index (χ4v) is 5.02. The van der Waals surface area contributed by atoms with E-state index in [1.807, 2.05) is 12.1 Å². The van der Waals surface area contributed by atoms with Crippen LogP contribution in [-0.4, -0.2) is 22.8 Å². The standard InChI is InChI=1S/C21H23N3OS2/c25-20(23-24-21(26)22-19-11-14-8-9-16(19)10-14)13-27-12-17-6-3-5-15-4-1-2-7-18(15)17/h1-9,14,16,19H,10-13H2,(H,23,25)(H2,22,24,26)/t14-,16-,19+/m1/s1. The molecule has 0 radical (unpaired) electrons. The molecule has 140 valence electrons. The highest BCUT2D eigenvalue weighted by molar-refractivity contribution is 7.99. The predicted molar refractivity (Wildman–Crippen MR) is 116 cm³/mol. The molecule has 2 aromatic carbocycles. The minimum atomic E-state index is -0.0720. The lowest BCUT2D eigenvalue weighted by atomic mass is 10.0. The van der Waals surface area contributed by atoms with Crippen molar-refractivity contribution in [1.29, 1.82) is 0 Å². The molecule has 3 N–H and O–H groups in total. The minimum Gasteiger partial charge on any atom is -0.358 e. The molecule has 0 aromatic heterocycles. The highest BCUT2D eigenvalue weighted by atomic mass is 32.2. The number of fused-ring (bicyclic) bond motifs is 3. The van der Waals surface area contributed by atoms with E-state index in [0.29, 0.717) is 28.7 Å². The van der Waals surface area contributed by atoms with E-state index >= 15 is 0 Å². The molecule has 4 nitrogen and oxygen atoms in total. The van der Waals surface area contributed by atoms with Crippen molar-refractivity contribution < 1.29 is 4.79 Å². The van der Waals surface area contributed by atoms with E-state index in [2.05, 4.69) is 58.7 Å². The summed E-state index contributed by atoms with van der Waals surface area (Å²) in [5.41, 5.74) is 6.77. The van der Waals surface area contributed by atoms with Gasteiger partial charge in [-0.3, -0.25) is 15.6 Å². The van der Waals surface area contributed by atoms with Crippen molar-refractivity contribution in [2.24, 2.45) is 11.8 Å². The number of hydrogen-bond acceptors (Lipinski definition) is 3. The third kappa shape index (κ3) is 4.45. The second-order valence-corrected chi connectivity index (χ2v) is 8.56. The predicted octanol–water partition coefficient (Wildman–Crippen LogP) is 3.53. The van der Waals surface area contributed by atoms with Crippen LogP contribution < -0.4 is 16.2 Å². The molecule has 2 aliphatic carbocycles. The van der Waals surface area contributed by atoms with Crippen molar-refractivity contribution in [2.45, 2.75) is 24.6 Å². The van der Waals surface area contributed by atoms with Crippen molar-refractivity contribution >= 4 is 45.8 Å². The van der Waals surface area contributed by atoms with Crippen molar-refractivity contribution in [2.75, 3.05) is 5.75 Å². The van der Waals surface area contributed by atoms with E-state index in [1.165, 1.54) is 22.8 Å². The number of amides is 1. The zero-order chi connectivity index (χ0) is 18.6. The Morgan fingerprint density at radius 3 is 2.74 bits per heavy atom. The highest BCUT2D eigenvalue weighted by Gasteiger charge is 2.35. The first-order valence-corrected chi connectivity index (χ1v) is 10.8. The number of hydrogen-bond donors (Lipinski definition) is 3. The summed E-state index contributed by atoms with van der Waals surface area (Å²) in [4.78, 5) is 12.1. The van der Waals surface area contributed by atoms with Crippen molar-refractivity contribution in [3.63, 3.8) is 0 Å². The van der Waals surface area contributed by atoms with Gasteiger partial charge in [0, 0.05) is 11.8 Å². The van der Waals surface area contributed by atoms with Gasteiger partial charge in [-0.05, 0) is 53.2 Å². The summed E-state index contributed by atoms with van der Waals surface area (Å²) in [5, 5.41) is 6.29. The van der Waals surface area contributed by atoms with Crippen LogP contribution in [0.25, 0.3) is 10.8 Å². The lowest BCUT2D eigenvalue weighted by Gasteiger charge is -2.22. The highest BCUT2D eigenvalue weighted by Crippen LogP contribution is 2.38. The molecule has 1 saturated carbocycles. The summed E-state index contributed by atoms with van der Waals surface area (Å²) in [6.07, 6.45) is 6.92. The van der Waals surface area contributed by atoms with Crippen molar-refractivity contribution in [1.82, 2.24) is 16.2 Å². The number of carbonyl (C=O) groups is 1. The second kappa shape index (κ2) is 8.31. The van der Waals surface area contributed by atoms with E-state index in [1.54, 1.807) is 11.8 Å². The van der Waals surface area contributed by atoms with Crippen LogP contribution in [0, 0.1) is 11.8 Å². The van der Waals surface area contributed by atoms with E-state index < -0.39 is 0 Å². The van der Waals surface area contributed by atoms with E-state index in [-0.39, 0.29) is 5.91 Å². The Balaban J connectivity index is 1.18. The van der Waals surface area contributed by atoms with Gasteiger partial charge in [-0.1, -0.05) is 54.6 Å². The van der Waals surface area contributed by atoms with Gasteiger partial charge in [0.05, 0.1) is 5.75 Å². The number of rotatable bonds is 5. The van der Waals surface area contributed by atoms with Crippen LogP contribution >= 0.6 is 24.0 Å². The molecule has 2 aliphatic rings. The number of thiocarbonyl (C=S) groups is 1. The molecular formula is C21H23N3OS2. The van der Waals surface area contributed by atoms with Gasteiger partial charge in [0.2, 0.25) is 5.91 Å². The Morgan fingerprint density at radius 1 is 1.07 bits per heavy atom. The summed E-state index contributed by atoms with van der Waals surface area (Å²) in [5.74, 6) is 2.37. The first kappa shape index (κ1) is 18.3. The third-order valence-corrected chi connectivity index (χ3v) is 6.48. The molecule has 0 aliphatic heterocycles. The van der Waals surface area contributed by atoms with Crippen LogP contribution in [0.4, 0.5) is 0 Å². The Kier molecular flexibility index (Phi) is 5.64. The average Bonchev–Trinajstić information content (AvgIpc) is 3.30. The van der Waals surface area contributed by atoms with Crippen LogP contribution in [0.5, 0.6) is 0 Å². The maximum Gasteiger partial charge on any atom is 0.248 e. The fourth-order valence-electron chi connectivity index (χ4n) is 3.99. The molecule has 27 heavy (non-hydrogen) atoms. The van der Waals surface area contributed by atoms with E-state index in [0.717, 1.165) is 12.2 Å². The van der Waals surface area contributed by atoms with Crippen LogP contribution in [0.2, 0.25) is 0 Å². The van der Waals surface area contributed by atoms with Gasteiger partial charge in [0.25, 0.3) is 0 Å². The van der Waals surface area contributed by atoms with Gasteiger partial charge in [-0.15, -0.1) is 11.8 Å². The molecule has 4 rings (SSSR count). The first-order chi connectivity index (χ1) is 13.2. The fraction of sp³-hybridized carbons (Fsp3) is 0.333. The van der Waals surface area contributed by atoms with Crippen LogP contribution in [-0.2, 0) is 10.5 Å². The van der Waals surface area contributed by atoms with Gasteiger partial charge in [-0.2, -0.15) is 0 Å². The number of allylic oxidation sites excluding steroid dienone is 1. The largest absolute Gasteiger partial charge is 0.358 e. The molecule has 0 unspecified atom stereocenters. The summed E-state index contributed by atoms with van der Waals surface area (Å²) in [6, 6.07) is 15.0. The minimum absolute atomic E-state index is 0.0720. The van der Waals surface area contributed by atoms with Gasteiger partial charge in [0.15, 0.2) is 5.11 Å². The molecule has 1 amide bonds. The number of hydrazine groups is 1. The van der Waals surface area contributed by atoms with Gasteiger partial charge in [-0.25, -0.2) is 0 Å². The zero-order valence-corrected chi connectivity index (χ0v) is 16.6. The van der Waals surface area contributed by atoms with Gasteiger partial charge < -0.3 is 5.32 Å². The quantitative estimate of drug-likeness (QED) is 0.409. The Bertz CT molecular complexity index is 877. The summed E-state index contributed by atoms with van der Waals surface area (Å²) in [7, 11) is 0. The molecule has 2 bridgehead atoms. The van der Waals surface area contributed by atoms with Crippen LogP contribution in [0.3, 0.4) is 0 Å². The normalized spacial score (nSPS) is 22.7. The van der Waals surface area contributed by atoms with Crippen molar-refractivity contribution in [3.05, 3.63) is 60.2 Å². The lowest BCUT2D eigenvalue weighted by Crippen LogP contribution is -2.50. The Hall–Kier alpha value is -2.05. The number of nitrogens with one attached hydrogen (secondary N) is 3. The molecule has 2 aromatic rings. The molecule has 0 heterocycles. The number of carbonyl (C=O) groups excluding carboxylic acids is 1. The molecule has 0 spiro atoms. The summed E-state index contributed by atoms with van der Waals surface area (Å²) < 4.78 is 0. The lowest BCUT2D eigenvalue weighted by molar-refractivity contribution is -0.119. The molecule has 3 atom stereocenters. The maximum atomic E-state index is 12.1.